The third kappa shape index (κ3) is 2.91. The van der Waals surface area contributed by atoms with Crippen LogP contribution in [0.15, 0.2) is 0 Å². The molecule has 1 atom stereocenters. The highest BCUT2D eigenvalue weighted by Crippen LogP contribution is 2.13. The molecule has 0 bridgehead atoms. The fourth-order valence-electron chi connectivity index (χ4n) is 1.70. The first-order chi connectivity index (χ1) is 5.86. The second kappa shape index (κ2) is 5.27. The van der Waals surface area contributed by atoms with E-state index in [4.69, 9.17) is 5.11 Å². The number of carbonyl (C=O) groups is 1. The summed E-state index contributed by atoms with van der Waals surface area (Å²) in [4.78, 5) is 12.8. The van der Waals surface area contributed by atoms with E-state index in [2.05, 4.69) is 4.90 Å². The van der Waals surface area contributed by atoms with E-state index in [1.54, 1.807) is 0 Å². The fraction of sp³-hybridized carbons (Fsp3) is 0.889. The van der Waals surface area contributed by atoms with Gasteiger partial charge in [-0.2, -0.15) is 0 Å². The van der Waals surface area contributed by atoms with E-state index >= 15 is 0 Å². The Labute approximate surface area is 73.4 Å². The van der Waals surface area contributed by atoms with Crippen LogP contribution in [0.2, 0.25) is 0 Å². The zero-order valence-electron chi connectivity index (χ0n) is 7.41. The van der Waals surface area contributed by atoms with Crippen molar-refractivity contribution in [2.75, 3.05) is 26.2 Å². The first-order valence-electron chi connectivity index (χ1n) is 4.65. The van der Waals surface area contributed by atoms with Gasteiger partial charge in [-0.1, -0.05) is 0 Å². The lowest BCUT2D eigenvalue weighted by molar-refractivity contribution is -0.112. The number of carbonyl (C=O) groups excluding carboxylic acids is 1. The molecule has 1 aliphatic heterocycles. The Morgan fingerprint density at radius 3 is 3.08 bits per heavy atom. The average Bonchev–Trinajstić information content (AvgIpc) is 2.15. The molecular weight excluding hydrogens is 154 g/mol. The van der Waals surface area contributed by atoms with E-state index < -0.39 is 0 Å². The van der Waals surface area contributed by atoms with Crippen molar-refractivity contribution in [3.8, 4) is 0 Å². The van der Waals surface area contributed by atoms with E-state index in [9.17, 15) is 4.79 Å². The van der Waals surface area contributed by atoms with Crippen LogP contribution in [0.4, 0.5) is 0 Å². The van der Waals surface area contributed by atoms with Crippen molar-refractivity contribution in [3.05, 3.63) is 0 Å². The summed E-state index contributed by atoms with van der Waals surface area (Å²) in [5.41, 5.74) is 0. The Morgan fingerprint density at radius 1 is 1.58 bits per heavy atom. The second-order valence-electron chi connectivity index (χ2n) is 3.42. The normalized spacial score (nSPS) is 25.6. The summed E-state index contributed by atoms with van der Waals surface area (Å²) in [6.45, 7) is 3.16. The molecule has 1 rings (SSSR count). The zero-order chi connectivity index (χ0) is 8.81. The summed E-state index contributed by atoms with van der Waals surface area (Å²) in [6.07, 6.45) is 4.05. The van der Waals surface area contributed by atoms with Gasteiger partial charge in [0.25, 0.3) is 0 Å². The van der Waals surface area contributed by atoms with Crippen LogP contribution in [0.25, 0.3) is 0 Å². The van der Waals surface area contributed by atoms with Gasteiger partial charge in [0.2, 0.25) is 0 Å². The van der Waals surface area contributed by atoms with Crippen molar-refractivity contribution in [2.45, 2.75) is 19.3 Å². The monoisotopic (exact) mass is 171 g/mol. The lowest BCUT2D eigenvalue weighted by Crippen LogP contribution is -2.36. The smallest absolute Gasteiger partial charge is 0.124 e. The molecule has 1 saturated heterocycles. The summed E-state index contributed by atoms with van der Waals surface area (Å²) in [5.74, 6) is 0.234. The molecule has 70 valence electrons. The van der Waals surface area contributed by atoms with Crippen LogP contribution in [0.3, 0.4) is 0 Å². The summed E-state index contributed by atoms with van der Waals surface area (Å²) < 4.78 is 0. The summed E-state index contributed by atoms with van der Waals surface area (Å²) in [5, 5.41) is 8.62. The Balaban J connectivity index is 2.20. The first kappa shape index (κ1) is 9.68. The van der Waals surface area contributed by atoms with Crippen LogP contribution in [-0.4, -0.2) is 42.5 Å². The molecule has 12 heavy (non-hydrogen) atoms. The molecule has 0 aromatic heterocycles. The molecule has 0 aromatic rings. The van der Waals surface area contributed by atoms with Gasteiger partial charge in [0.05, 0.1) is 0 Å². The molecule has 1 unspecified atom stereocenters. The van der Waals surface area contributed by atoms with Crippen LogP contribution in [0.5, 0.6) is 0 Å². The molecule has 0 saturated carbocycles. The number of aldehydes is 1. The molecule has 1 heterocycles. The summed E-state index contributed by atoms with van der Waals surface area (Å²) in [7, 11) is 0. The van der Waals surface area contributed by atoms with Gasteiger partial charge in [-0.3, -0.25) is 0 Å². The van der Waals surface area contributed by atoms with Crippen molar-refractivity contribution in [1.29, 1.82) is 0 Å². The quantitative estimate of drug-likeness (QED) is 0.618. The number of nitrogens with zero attached hydrogens (tertiary/aromatic N) is 1. The molecule has 0 aliphatic carbocycles. The lowest BCUT2D eigenvalue weighted by Gasteiger charge is -2.29. The molecular formula is C9H17NO2. The third-order valence-corrected chi connectivity index (χ3v) is 2.37. The number of hydrogen-bond acceptors (Lipinski definition) is 3. The highest BCUT2D eigenvalue weighted by atomic mass is 16.3. The van der Waals surface area contributed by atoms with Crippen molar-refractivity contribution in [2.24, 2.45) is 5.92 Å². The summed E-state index contributed by atoms with van der Waals surface area (Å²) in [6, 6.07) is 0. The van der Waals surface area contributed by atoms with Crippen LogP contribution in [0, 0.1) is 5.92 Å². The fourth-order valence-corrected chi connectivity index (χ4v) is 1.70. The summed E-state index contributed by atoms with van der Waals surface area (Å²) >= 11 is 0. The molecule has 1 aliphatic rings. The number of piperidine rings is 1. The molecule has 3 nitrogen and oxygen atoms in total. The van der Waals surface area contributed by atoms with Crippen molar-refractivity contribution >= 4 is 6.29 Å². The van der Waals surface area contributed by atoms with Crippen LogP contribution < -0.4 is 0 Å². The molecule has 3 heteroatoms. The Morgan fingerprint density at radius 2 is 2.42 bits per heavy atom. The maximum Gasteiger partial charge on any atom is 0.124 e. The van der Waals surface area contributed by atoms with Crippen molar-refractivity contribution < 1.29 is 9.90 Å². The predicted octanol–water partition coefficient (Wildman–Crippen LogP) is 0.280. The van der Waals surface area contributed by atoms with Crippen molar-refractivity contribution in [1.82, 2.24) is 4.90 Å². The average molecular weight is 171 g/mol. The van der Waals surface area contributed by atoms with Gasteiger partial charge in [0.15, 0.2) is 0 Å². The highest BCUT2D eigenvalue weighted by Gasteiger charge is 2.18. The largest absolute Gasteiger partial charge is 0.396 e. The van der Waals surface area contributed by atoms with Gasteiger partial charge in [0.1, 0.15) is 6.29 Å². The van der Waals surface area contributed by atoms with Gasteiger partial charge >= 0.3 is 0 Å². The second-order valence-corrected chi connectivity index (χ2v) is 3.42. The van der Waals surface area contributed by atoms with E-state index in [-0.39, 0.29) is 12.5 Å². The minimum Gasteiger partial charge on any atom is -0.396 e. The Hall–Kier alpha value is -0.410. The zero-order valence-corrected chi connectivity index (χ0v) is 7.41. The first-order valence-corrected chi connectivity index (χ1v) is 4.65. The Bertz CT molecular complexity index is 138. The minimum atomic E-state index is 0.234. The van der Waals surface area contributed by atoms with Gasteiger partial charge in [-0.15, -0.1) is 0 Å². The maximum absolute atomic E-state index is 10.5. The van der Waals surface area contributed by atoms with Gasteiger partial charge < -0.3 is 14.8 Å². The molecule has 0 amide bonds. The number of aliphatic hydroxyl groups excluding tert-OH is 1. The van der Waals surface area contributed by atoms with Crippen LogP contribution in [0.1, 0.15) is 19.3 Å². The van der Waals surface area contributed by atoms with Gasteiger partial charge in [-0.25, -0.2) is 0 Å². The van der Waals surface area contributed by atoms with Gasteiger partial charge in [-0.05, 0) is 25.8 Å². The number of hydrogen-bond donors (Lipinski definition) is 1. The predicted molar refractivity (Wildman–Crippen MR) is 46.9 cm³/mol. The highest BCUT2D eigenvalue weighted by molar-refractivity contribution is 5.53. The number of rotatable bonds is 4. The van der Waals surface area contributed by atoms with Crippen LogP contribution >= 0.6 is 0 Å². The lowest BCUT2D eigenvalue weighted by atomic mass is 10.00. The van der Waals surface area contributed by atoms with Gasteiger partial charge in [0, 0.05) is 25.6 Å². The maximum atomic E-state index is 10.5. The molecule has 0 radical (unpaired) electrons. The Kier molecular flexibility index (Phi) is 4.25. The van der Waals surface area contributed by atoms with E-state index in [0.29, 0.717) is 0 Å². The van der Waals surface area contributed by atoms with E-state index in [0.717, 1.165) is 45.2 Å². The number of aliphatic hydroxyl groups is 1. The minimum absolute atomic E-state index is 0.234. The molecule has 0 aromatic carbocycles. The molecule has 1 fully saturated rings. The molecule has 0 spiro atoms. The SMILES string of the molecule is O=CC1CCCN(CCCO)C1. The topological polar surface area (TPSA) is 40.5 Å². The molecule has 1 N–H and O–H groups in total. The standard InChI is InChI=1S/C9H17NO2/c11-6-2-5-10-4-1-3-9(7-10)8-12/h8-9,11H,1-7H2. The number of likely N-dealkylation sites (tertiary alicyclic amines) is 1. The van der Waals surface area contributed by atoms with E-state index in [1.165, 1.54) is 0 Å². The van der Waals surface area contributed by atoms with E-state index in [1.807, 2.05) is 0 Å². The third-order valence-electron chi connectivity index (χ3n) is 2.37. The van der Waals surface area contributed by atoms with Crippen molar-refractivity contribution in [3.63, 3.8) is 0 Å². The van der Waals surface area contributed by atoms with Crippen LogP contribution in [-0.2, 0) is 4.79 Å².